The lowest BCUT2D eigenvalue weighted by atomic mass is 10.2. The molecule has 1 heterocycles. The van der Waals surface area contributed by atoms with Crippen molar-refractivity contribution in [3.63, 3.8) is 0 Å². The molecule has 0 saturated heterocycles. The number of hydrogen-bond acceptors (Lipinski definition) is 5. The minimum Gasteiger partial charge on any atom is -0.388 e. The van der Waals surface area contributed by atoms with Crippen LogP contribution < -0.4 is 10.3 Å². The van der Waals surface area contributed by atoms with Gasteiger partial charge in [-0.3, -0.25) is 0 Å². The van der Waals surface area contributed by atoms with Crippen LogP contribution in [0.25, 0.3) is 10.9 Å². The van der Waals surface area contributed by atoms with Gasteiger partial charge in [0.25, 0.3) is 10.0 Å². The van der Waals surface area contributed by atoms with Crippen molar-refractivity contribution in [1.29, 1.82) is 0 Å². The summed E-state index contributed by atoms with van der Waals surface area (Å²) >= 11 is 0. The van der Waals surface area contributed by atoms with Crippen molar-refractivity contribution >= 4 is 26.9 Å². The minimum absolute atomic E-state index is 0.0663. The van der Waals surface area contributed by atoms with E-state index in [4.69, 9.17) is 4.42 Å². The van der Waals surface area contributed by atoms with Crippen LogP contribution >= 0.6 is 0 Å². The summed E-state index contributed by atoms with van der Waals surface area (Å²) in [6, 6.07) is 11.0. The highest BCUT2D eigenvalue weighted by molar-refractivity contribution is 7.92. The van der Waals surface area contributed by atoms with E-state index in [2.05, 4.69) is 9.71 Å². The van der Waals surface area contributed by atoms with Crippen LogP contribution in [0.5, 0.6) is 0 Å². The molecule has 0 amide bonds. The predicted octanol–water partition coefficient (Wildman–Crippen LogP) is 2.61. The van der Waals surface area contributed by atoms with Gasteiger partial charge in [-0.15, -0.1) is 0 Å². The summed E-state index contributed by atoms with van der Waals surface area (Å²) in [5, 5.41) is 0.309. The summed E-state index contributed by atoms with van der Waals surface area (Å²) in [4.78, 5) is 16.1. The molecule has 0 fully saturated rings. The van der Waals surface area contributed by atoms with Crippen LogP contribution in [-0.4, -0.2) is 13.4 Å². The lowest BCUT2D eigenvalue weighted by Crippen LogP contribution is -2.16. The minimum atomic E-state index is -3.87. The van der Waals surface area contributed by atoms with Gasteiger partial charge in [-0.05, 0) is 38.1 Å². The van der Waals surface area contributed by atoms with Gasteiger partial charge in [-0.2, -0.15) is 4.98 Å². The maximum atomic E-state index is 12.3. The van der Waals surface area contributed by atoms with E-state index in [0.29, 0.717) is 10.9 Å². The van der Waals surface area contributed by atoms with E-state index in [1.54, 1.807) is 30.3 Å². The molecule has 0 unspecified atom stereocenters. The molecule has 1 N–H and O–H groups in total. The van der Waals surface area contributed by atoms with Crippen molar-refractivity contribution in [3.8, 4) is 0 Å². The fourth-order valence-corrected chi connectivity index (χ4v) is 3.05. The van der Waals surface area contributed by atoms with Crippen LogP contribution in [0.15, 0.2) is 56.6 Å². The molecule has 6 nitrogen and oxygen atoms in total. The Morgan fingerprint density at radius 1 is 1.00 bits per heavy atom. The molecule has 0 aliphatic heterocycles. The molecule has 0 saturated carbocycles. The van der Waals surface area contributed by atoms with Gasteiger partial charge >= 0.3 is 11.6 Å². The molecular formula is C16H14N2O4S. The molecule has 1 aromatic heterocycles. The zero-order chi connectivity index (χ0) is 16.6. The van der Waals surface area contributed by atoms with Crippen LogP contribution in [0.4, 0.5) is 6.01 Å². The number of aryl methyl sites for hydroxylation is 2. The monoisotopic (exact) mass is 330 g/mol. The van der Waals surface area contributed by atoms with E-state index in [1.807, 2.05) is 13.8 Å². The van der Waals surface area contributed by atoms with Gasteiger partial charge in [0, 0.05) is 0 Å². The summed E-state index contributed by atoms with van der Waals surface area (Å²) in [7, 11) is -3.87. The molecule has 2 aromatic carbocycles. The maximum Gasteiger partial charge on any atom is 0.348 e. The molecule has 118 valence electrons. The number of anilines is 1. The number of nitrogens with zero attached hydrogens (tertiary/aromatic N) is 1. The van der Waals surface area contributed by atoms with Gasteiger partial charge < -0.3 is 4.42 Å². The number of aromatic nitrogens is 1. The Morgan fingerprint density at radius 3 is 2.35 bits per heavy atom. The third-order valence-corrected chi connectivity index (χ3v) is 4.67. The largest absolute Gasteiger partial charge is 0.388 e. The molecule has 0 aliphatic rings. The highest BCUT2D eigenvalue weighted by Gasteiger charge is 2.17. The van der Waals surface area contributed by atoms with E-state index >= 15 is 0 Å². The predicted molar refractivity (Wildman–Crippen MR) is 87.0 cm³/mol. The summed E-state index contributed by atoms with van der Waals surface area (Å²) < 4.78 is 31.8. The first-order chi connectivity index (χ1) is 10.8. The van der Waals surface area contributed by atoms with Crippen molar-refractivity contribution in [2.75, 3.05) is 4.72 Å². The van der Waals surface area contributed by atoms with Gasteiger partial charge in [0.05, 0.1) is 15.8 Å². The van der Waals surface area contributed by atoms with Crippen molar-refractivity contribution < 1.29 is 12.8 Å². The molecule has 0 spiro atoms. The SMILES string of the molecule is Cc1ccc(S(=O)(=O)Nc2nc3ccc(C)cc3c(=O)o2)cc1. The fourth-order valence-electron chi connectivity index (χ4n) is 2.12. The third-order valence-electron chi connectivity index (χ3n) is 3.34. The van der Waals surface area contributed by atoms with E-state index in [1.165, 1.54) is 12.1 Å². The van der Waals surface area contributed by atoms with E-state index in [-0.39, 0.29) is 10.9 Å². The van der Waals surface area contributed by atoms with Gasteiger partial charge in [-0.25, -0.2) is 17.9 Å². The van der Waals surface area contributed by atoms with Crippen molar-refractivity contribution in [3.05, 3.63) is 64.0 Å². The molecule has 3 rings (SSSR count). The standard InChI is InChI=1S/C16H14N2O4S/c1-10-3-6-12(7-4-10)23(20,21)18-16-17-14-8-5-11(2)9-13(14)15(19)22-16/h3-9H,1-2H3,(H,17,18). The number of nitrogens with one attached hydrogen (secondary N) is 1. The Labute approximate surface area is 132 Å². The third kappa shape index (κ3) is 3.09. The average molecular weight is 330 g/mol. The van der Waals surface area contributed by atoms with Crippen molar-refractivity contribution in [2.45, 2.75) is 18.7 Å². The normalized spacial score (nSPS) is 11.6. The Morgan fingerprint density at radius 2 is 1.65 bits per heavy atom. The Kier molecular flexibility index (Phi) is 3.65. The molecule has 7 heteroatoms. The highest BCUT2D eigenvalue weighted by Crippen LogP contribution is 2.17. The zero-order valence-electron chi connectivity index (χ0n) is 12.5. The lowest BCUT2D eigenvalue weighted by Gasteiger charge is -2.07. The van der Waals surface area contributed by atoms with E-state index < -0.39 is 15.6 Å². The number of rotatable bonds is 3. The first-order valence-electron chi connectivity index (χ1n) is 6.86. The topological polar surface area (TPSA) is 89.3 Å². The quantitative estimate of drug-likeness (QED) is 0.797. The summed E-state index contributed by atoms with van der Waals surface area (Å²) in [5.74, 6) is 0. The average Bonchev–Trinajstić information content (AvgIpc) is 2.48. The van der Waals surface area contributed by atoms with Crippen molar-refractivity contribution in [1.82, 2.24) is 4.98 Å². The second kappa shape index (κ2) is 5.51. The number of sulfonamides is 1. The maximum absolute atomic E-state index is 12.3. The smallest absolute Gasteiger partial charge is 0.348 e. The molecule has 0 aliphatic carbocycles. The Balaban J connectivity index is 2.02. The summed E-state index contributed by atoms with van der Waals surface area (Å²) in [6.07, 6.45) is 0. The van der Waals surface area contributed by atoms with Gasteiger partial charge in [0.2, 0.25) is 0 Å². The molecule has 0 atom stereocenters. The fraction of sp³-hybridized carbons (Fsp3) is 0.125. The first kappa shape index (κ1) is 15.2. The molecule has 3 aromatic rings. The molecule has 0 bridgehead atoms. The summed E-state index contributed by atoms with van der Waals surface area (Å²) in [6.45, 7) is 3.70. The van der Waals surface area contributed by atoms with Gasteiger partial charge in [-0.1, -0.05) is 29.3 Å². The second-order valence-corrected chi connectivity index (χ2v) is 6.93. The number of hydrogen-bond donors (Lipinski definition) is 1. The van der Waals surface area contributed by atoms with Crippen LogP contribution in [0.2, 0.25) is 0 Å². The Bertz CT molecular complexity index is 1040. The Hall–Kier alpha value is -2.67. The van der Waals surface area contributed by atoms with E-state index in [9.17, 15) is 13.2 Å². The van der Waals surface area contributed by atoms with Crippen LogP contribution in [0.3, 0.4) is 0 Å². The molecular weight excluding hydrogens is 316 g/mol. The summed E-state index contributed by atoms with van der Waals surface area (Å²) in [5.41, 5.74) is 1.56. The van der Waals surface area contributed by atoms with Crippen LogP contribution in [0.1, 0.15) is 11.1 Å². The molecule has 0 radical (unpaired) electrons. The molecule has 23 heavy (non-hydrogen) atoms. The number of benzene rings is 2. The number of fused-ring (bicyclic) bond motifs is 1. The second-order valence-electron chi connectivity index (χ2n) is 5.25. The highest BCUT2D eigenvalue weighted by atomic mass is 32.2. The van der Waals surface area contributed by atoms with Gasteiger partial charge in [0.1, 0.15) is 0 Å². The van der Waals surface area contributed by atoms with Crippen LogP contribution in [-0.2, 0) is 10.0 Å². The first-order valence-corrected chi connectivity index (χ1v) is 8.34. The van der Waals surface area contributed by atoms with Gasteiger partial charge in [0.15, 0.2) is 0 Å². The van der Waals surface area contributed by atoms with Crippen molar-refractivity contribution in [2.24, 2.45) is 0 Å². The zero-order valence-corrected chi connectivity index (χ0v) is 13.3. The van der Waals surface area contributed by atoms with Crippen LogP contribution in [0, 0.1) is 13.8 Å². The van der Waals surface area contributed by atoms with E-state index in [0.717, 1.165) is 11.1 Å². The lowest BCUT2D eigenvalue weighted by molar-refractivity contribution is 0.521.